The number of anilines is 1. The van der Waals surface area contributed by atoms with E-state index in [1.165, 1.54) is 6.08 Å². The molecule has 0 aliphatic rings. The number of benzene rings is 1. The first-order valence-corrected chi connectivity index (χ1v) is 5.94. The van der Waals surface area contributed by atoms with Gasteiger partial charge in [0, 0.05) is 11.8 Å². The predicted octanol–water partition coefficient (Wildman–Crippen LogP) is 2.61. The van der Waals surface area contributed by atoms with Crippen LogP contribution in [0.5, 0.6) is 0 Å². The first kappa shape index (κ1) is 14.7. The SMILES string of the molecule is C/C=C/C=C/C(=O)OCC(=O)Nc1ccc(C)cc1. The highest BCUT2D eigenvalue weighted by atomic mass is 16.5. The van der Waals surface area contributed by atoms with E-state index in [9.17, 15) is 9.59 Å². The third-order valence-electron chi connectivity index (χ3n) is 2.22. The lowest BCUT2D eigenvalue weighted by molar-refractivity contribution is -0.142. The molecule has 100 valence electrons. The van der Waals surface area contributed by atoms with Crippen LogP contribution in [0.4, 0.5) is 5.69 Å². The van der Waals surface area contributed by atoms with Gasteiger partial charge < -0.3 is 10.1 Å². The molecule has 19 heavy (non-hydrogen) atoms. The summed E-state index contributed by atoms with van der Waals surface area (Å²) in [5.74, 6) is -0.909. The monoisotopic (exact) mass is 259 g/mol. The van der Waals surface area contributed by atoms with Crippen LogP contribution in [0.25, 0.3) is 0 Å². The molecule has 1 amide bonds. The minimum atomic E-state index is -0.544. The molecule has 0 radical (unpaired) electrons. The summed E-state index contributed by atoms with van der Waals surface area (Å²) in [6.07, 6.45) is 6.31. The molecular formula is C15H17NO3. The molecule has 1 aromatic rings. The van der Waals surface area contributed by atoms with Crippen molar-refractivity contribution in [1.29, 1.82) is 0 Å². The lowest BCUT2D eigenvalue weighted by Crippen LogP contribution is -2.20. The minimum Gasteiger partial charge on any atom is -0.452 e. The van der Waals surface area contributed by atoms with Crippen LogP contribution in [0.3, 0.4) is 0 Å². The van der Waals surface area contributed by atoms with E-state index in [1.807, 2.05) is 26.0 Å². The van der Waals surface area contributed by atoms with Crippen molar-refractivity contribution in [3.05, 3.63) is 54.1 Å². The molecule has 4 nitrogen and oxygen atoms in total. The highest BCUT2D eigenvalue weighted by Crippen LogP contribution is 2.08. The number of carbonyl (C=O) groups is 2. The Morgan fingerprint density at radius 3 is 2.53 bits per heavy atom. The minimum absolute atomic E-state index is 0.299. The number of aryl methyl sites for hydroxylation is 1. The first-order valence-electron chi connectivity index (χ1n) is 5.94. The van der Waals surface area contributed by atoms with Gasteiger partial charge in [0.15, 0.2) is 6.61 Å². The van der Waals surface area contributed by atoms with E-state index in [1.54, 1.807) is 30.4 Å². The summed E-state index contributed by atoms with van der Waals surface area (Å²) in [6.45, 7) is 3.50. The molecule has 0 aliphatic heterocycles. The van der Waals surface area contributed by atoms with Gasteiger partial charge in [0.25, 0.3) is 5.91 Å². The molecule has 0 saturated heterocycles. The van der Waals surface area contributed by atoms with Crippen molar-refractivity contribution >= 4 is 17.6 Å². The Labute approximate surface area is 112 Å². The second-order valence-electron chi connectivity index (χ2n) is 3.91. The van der Waals surface area contributed by atoms with E-state index in [4.69, 9.17) is 4.74 Å². The Morgan fingerprint density at radius 1 is 1.21 bits per heavy atom. The largest absolute Gasteiger partial charge is 0.452 e. The van der Waals surface area contributed by atoms with Gasteiger partial charge in [-0.1, -0.05) is 35.9 Å². The molecule has 0 saturated carbocycles. The number of amides is 1. The summed E-state index contributed by atoms with van der Waals surface area (Å²) >= 11 is 0. The zero-order valence-corrected chi connectivity index (χ0v) is 11.1. The second kappa shape index (κ2) is 7.87. The molecule has 0 spiro atoms. The van der Waals surface area contributed by atoms with E-state index in [0.717, 1.165) is 5.56 Å². The second-order valence-corrected chi connectivity index (χ2v) is 3.91. The number of hydrogen-bond donors (Lipinski definition) is 1. The number of carbonyl (C=O) groups excluding carboxylic acids is 2. The fraction of sp³-hybridized carbons (Fsp3) is 0.200. The maximum atomic E-state index is 11.5. The Hall–Kier alpha value is -2.36. The van der Waals surface area contributed by atoms with Crippen LogP contribution >= 0.6 is 0 Å². The van der Waals surface area contributed by atoms with Crippen molar-refractivity contribution in [2.75, 3.05) is 11.9 Å². The van der Waals surface area contributed by atoms with Gasteiger partial charge in [-0.2, -0.15) is 0 Å². The van der Waals surface area contributed by atoms with Crippen LogP contribution in [-0.4, -0.2) is 18.5 Å². The maximum absolute atomic E-state index is 11.5. The highest BCUT2D eigenvalue weighted by Gasteiger charge is 2.05. The normalized spacial score (nSPS) is 10.8. The predicted molar refractivity (Wildman–Crippen MR) is 74.7 cm³/mol. The molecule has 0 heterocycles. The summed E-state index contributed by atoms with van der Waals surface area (Å²) in [4.78, 5) is 22.7. The van der Waals surface area contributed by atoms with Crippen LogP contribution in [0.15, 0.2) is 48.6 Å². The van der Waals surface area contributed by atoms with Crippen LogP contribution in [0.1, 0.15) is 12.5 Å². The van der Waals surface area contributed by atoms with Crippen molar-refractivity contribution in [2.24, 2.45) is 0 Å². The highest BCUT2D eigenvalue weighted by molar-refractivity contribution is 5.93. The van der Waals surface area contributed by atoms with Crippen LogP contribution in [0.2, 0.25) is 0 Å². The van der Waals surface area contributed by atoms with Crippen molar-refractivity contribution < 1.29 is 14.3 Å². The third-order valence-corrected chi connectivity index (χ3v) is 2.22. The molecule has 0 aliphatic carbocycles. The topological polar surface area (TPSA) is 55.4 Å². The van der Waals surface area contributed by atoms with Gasteiger partial charge in [-0.15, -0.1) is 0 Å². The number of hydrogen-bond acceptors (Lipinski definition) is 3. The average Bonchev–Trinajstić information content (AvgIpc) is 2.39. The van der Waals surface area contributed by atoms with Gasteiger partial charge in [-0.05, 0) is 26.0 Å². The van der Waals surface area contributed by atoms with Gasteiger partial charge in [0.2, 0.25) is 0 Å². The Morgan fingerprint density at radius 2 is 1.89 bits per heavy atom. The number of rotatable bonds is 5. The molecule has 1 aromatic carbocycles. The van der Waals surface area contributed by atoms with Gasteiger partial charge >= 0.3 is 5.97 Å². The fourth-order valence-electron chi connectivity index (χ4n) is 1.26. The van der Waals surface area contributed by atoms with Gasteiger partial charge in [0.1, 0.15) is 0 Å². The van der Waals surface area contributed by atoms with Gasteiger partial charge in [-0.3, -0.25) is 4.79 Å². The van der Waals surface area contributed by atoms with Crippen molar-refractivity contribution in [1.82, 2.24) is 0 Å². The Kier molecular flexibility index (Phi) is 6.09. The van der Waals surface area contributed by atoms with E-state index in [2.05, 4.69) is 5.32 Å². The smallest absolute Gasteiger partial charge is 0.331 e. The molecule has 1 N–H and O–H groups in total. The standard InChI is InChI=1S/C15H17NO3/c1-3-4-5-6-15(18)19-11-14(17)16-13-9-7-12(2)8-10-13/h3-10H,11H2,1-2H3,(H,16,17)/b4-3+,6-5+. The quantitative estimate of drug-likeness (QED) is 0.502. The fourth-order valence-corrected chi connectivity index (χ4v) is 1.26. The van der Waals surface area contributed by atoms with Crippen molar-refractivity contribution in [3.8, 4) is 0 Å². The van der Waals surface area contributed by atoms with Gasteiger partial charge in [0.05, 0.1) is 0 Å². The number of nitrogens with one attached hydrogen (secondary N) is 1. The molecular weight excluding hydrogens is 242 g/mol. The van der Waals surface area contributed by atoms with Crippen LogP contribution in [-0.2, 0) is 14.3 Å². The molecule has 0 aromatic heterocycles. The van der Waals surface area contributed by atoms with E-state index in [0.29, 0.717) is 5.69 Å². The van der Waals surface area contributed by atoms with E-state index < -0.39 is 5.97 Å². The lowest BCUT2D eigenvalue weighted by atomic mass is 10.2. The Bertz CT molecular complexity index is 487. The maximum Gasteiger partial charge on any atom is 0.331 e. The van der Waals surface area contributed by atoms with Crippen LogP contribution < -0.4 is 5.32 Å². The molecule has 0 atom stereocenters. The number of allylic oxidation sites excluding steroid dienone is 3. The Balaban J connectivity index is 2.35. The molecule has 0 unspecified atom stereocenters. The van der Waals surface area contributed by atoms with Gasteiger partial charge in [-0.25, -0.2) is 4.79 Å². The third kappa shape index (κ3) is 6.21. The number of esters is 1. The van der Waals surface area contributed by atoms with Crippen molar-refractivity contribution in [3.63, 3.8) is 0 Å². The number of ether oxygens (including phenoxy) is 1. The molecule has 0 fully saturated rings. The van der Waals surface area contributed by atoms with Crippen LogP contribution in [0, 0.1) is 6.92 Å². The summed E-state index contributed by atoms with van der Waals surface area (Å²) in [6, 6.07) is 7.37. The van der Waals surface area contributed by atoms with E-state index >= 15 is 0 Å². The zero-order valence-electron chi connectivity index (χ0n) is 11.1. The molecule has 0 bridgehead atoms. The lowest BCUT2D eigenvalue weighted by Gasteiger charge is -2.05. The summed E-state index contributed by atoms with van der Waals surface area (Å²) in [5.41, 5.74) is 1.79. The average molecular weight is 259 g/mol. The zero-order chi connectivity index (χ0) is 14.1. The summed E-state index contributed by atoms with van der Waals surface area (Å²) in [7, 11) is 0. The summed E-state index contributed by atoms with van der Waals surface area (Å²) in [5, 5.41) is 2.64. The summed E-state index contributed by atoms with van der Waals surface area (Å²) < 4.78 is 4.77. The molecule has 4 heteroatoms. The van der Waals surface area contributed by atoms with Crippen molar-refractivity contribution in [2.45, 2.75) is 13.8 Å². The van der Waals surface area contributed by atoms with E-state index in [-0.39, 0.29) is 12.5 Å². The first-order chi connectivity index (χ1) is 9.11. The molecule has 1 rings (SSSR count).